The molecule has 2 rings (SSSR count). The summed E-state index contributed by atoms with van der Waals surface area (Å²) in [6, 6.07) is 15.4. The second-order valence-electron chi connectivity index (χ2n) is 4.41. The van der Waals surface area contributed by atoms with Crippen molar-refractivity contribution >= 4 is 12.3 Å². The molecular formula is C17H13NO4. The third-order valence-electron chi connectivity index (χ3n) is 2.87. The molecule has 0 saturated carbocycles. The maximum atomic E-state index is 11.6. The van der Waals surface area contributed by atoms with Crippen LogP contribution in [0.3, 0.4) is 0 Å². The molecule has 0 heterocycles. The van der Waals surface area contributed by atoms with Gasteiger partial charge in [0.05, 0.1) is 17.2 Å². The van der Waals surface area contributed by atoms with E-state index in [1.165, 1.54) is 0 Å². The van der Waals surface area contributed by atoms with Crippen LogP contribution in [0.1, 0.15) is 21.5 Å². The van der Waals surface area contributed by atoms with Crippen molar-refractivity contribution in [1.29, 1.82) is 5.26 Å². The van der Waals surface area contributed by atoms with E-state index >= 15 is 0 Å². The Bertz CT molecular complexity index is 701. The van der Waals surface area contributed by atoms with Gasteiger partial charge in [-0.1, -0.05) is 24.3 Å². The second kappa shape index (κ2) is 7.60. The lowest BCUT2D eigenvalue weighted by atomic mass is 10.2. The molecule has 0 unspecified atom stereocenters. The third kappa shape index (κ3) is 4.18. The van der Waals surface area contributed by atoms with Crippen molar-refractivity contribution in [3.05, 3.63) is 65.2 Å². The summed E-state index contributed by atoms with van der Waals surface area (Å²) in [6.07, 6.45) is 0.664. The van der Waals surface area contributed by atoms with Gasteiger partial charge in [0, 0.05) is 0 Å². The number of hydrogen-bond donors (Lipinski definition) is 0. The fourth-order valence-electron chi connectivity index (χ4n) is 1.73. The minimum absolute atomic E-state index is 0.100. The number of nitriles is 1. The van der Waals surface area contributed by atoms with Gasteiger partial charge >= 0.3 is 5.97 Å². The Hall–Kier alpha value is -3.13. The average Bonchev–Trinajstić information content (AvgIpc) is 2.58. The monoisotopic (exact) mass is 295 g/mol. The second-order valence-corrected chi connectivity index (χ2v) is 4.41. The third-order valence-corrected chi connectivity index (χ3v) is 2.87. The summed E-state index contributed by atoms with van der Waals surface area (Å²) >= 11 is 0. The van der Waals surface area contributed by atoms with E-state index in [4.69, 9.17) is 14.7 Å². The van der Waals surface area contributed by atoms with E-state index in [1.54, 1.807) is 48.5 Å². The van der Waals surface area contributed by atoms with Gasteiger partial charge in [-0.15, -0.1) is 0 Å². The van der Waals surface area contributed by atoms with Gasteiger partial charge < -0.3 is 9.47 Å². The first-order valence-corrected chi connectivity index (χ1v) is 6.54. The van der Waals surface area contributed by atoms with E-state index in [2.05, 4.69) is 0 Å². The maximum Gasteiger partial charge on any atom is 0.344 e. The number of esters is 1. The molecule has 5 heteroatoms. The first-order valence-electron chi connectivity index (χ1n) is 6.54. The topological polar surface area (TPSA) is 76.4 Å². The van der Waals surface area contributed by atoms with Crippen molar-refractivity contribution in [2.75, 3.05) is 6.61 Å². The zero-order chi connectivity index (χ0) is 15.8. The number of nitrogens with zero attached hydrogens (tertiary/aromatic N) is 1. The van der Waals surface area contributed by atoms with Gasteiger partial charge in [0.1, 0.15) is 12.4 Å². The van der Waals surface area contributed by atoms with E-state index in [9.17, 15) is 9.59 Å². The Kier molecular flexibility index (Phi) is 5.27. The SMILES string of the molecule is N#Cc1ccc(COC(=O)COc2ccccc2C=O)cc1. The Morgan fingerprint density at radius 2 is 1.86 bits per heavy atom. The lowest BCUT2D eigenvalue weighted by molar-refractivity contribution is -0.147. The number of carbonyl (C=O) groups is 2. The van der Waals surface area contributed by atoms with Gasteiger partial charge in [-0.25, -0.2) is 4.79 Å². The van der Waals surface area contributed by atoms with Crippen molar-refractivity contribution in [2.45, 2.75) is 6.61 Å². The number of rotatable bonds is 6. The molecule has 0 N–H and O–H groups in total. The fourth-order valence-corrected chi connectivity index (χ4v) is 1.73. The fraction of sp³-hybridized carbons (Fsp3) is 0.118. The molecule has 0 aliphatic carbocycles. The summed E-state index contributed by atoms with van der Waals surface area (Å²) in [5.41, 5.74) is 1.70. The van der Waals surface area contributed by atoms with Crippen LogP contribution in [0.25, 0.3) is 0 Å². The van der Waals surface area contributed by atoms with Crippen LogP contribution >= 0.6 is 0 Å². The summed E-state index contributed by atoms with van der Waals surface area (Å²) in [6.45, 7) is -0.176. The van der Waals surface area contributed by atoms with Crippen LogP contribution in [-0.2, 0) is 16.1 Å². The number of ether oxygens (including phenoxy) is 2. The van der Waals surface area contributed by atoms with Crippen LogP contribution in [0, 0.1) is 11.3 Å². The normalized spacial score (nSPS) is 9.59. The Morgan fingerprint density at radius 1 is 1.14 bits per heavy atom. The molecular weight excluding hydrogens is 282 g/mol. The van der Waals surface area contributed by atoms with E-state index in [-0.39, 0.29) is 13.2 Å². The lowest BCUT2D eigenvalue weighted by Gasteiger charge is -2.08. The molecule has 110 valence electrons. The summed E-state index contributed by atoms with van der Waals surface area (Å²) in [5.74, 6) is -0.196. The van der Waals surface area contributed by atoms with Crippen LogP contribution in [0.5, 0.6) is 5.75 Å². The lowest BCUT2D eigenvalue weighted by Crippen LogP contribution is -2.15. The molecule has 0 fully saturated rings. The first kappa shape index (κ1) is 15.3. The number of para-hydroxylation sites is 1. The average molecular weight is 295 g/mol. The zero-order valence-electron chi connectivity index (χ0n) is 11.7. The van der Waals surface area contributed by atoms with Crippen LogP contribution in [-0.4, -0.2) is 18.9 Å². The summed E-state index contributed by atoms with van der Waals surface area (Å²) in [7, 11) is 0. The van der Waals surface area contributed by atoms with Crippen molar-refractivity contribution in [1.82, 2.24) is 0 Å². The molecule has 0 saturated heterocycles. The summed E-state index contributed by atoms with van der Waals surface area (Å²) in [4.78, 5) is 22.4. The van der Waals surface area contributed by atoms with Crippen LogP contribution in [0.15, 0.2) is 48.5 Å². The van der Waals surface area contributed by atoms with Gasteiger partial charge in [-0.3, -0.25) is 4.79 Å². The van der Waals surface area contributed by atoms with Gasteiger partial charge in [-0.05, 0) is 29.8 Å². The number of carbonyl (C=O) groups excluding carboxylic acids is 2. The van der Waals surface area contributed by atoms with Crippen molar-refractivity contribution in [3.8, 4) is 11.8 Å². The predicted molar refractivity (Wildman–Crippen MR) is 78.3 cm³/mol. The van der Waals surface area contributed by atoms with Crippen LogP contribution < -0.4 is 4.74 Å². The molecule has 2 aromatic carbocycles. The first-order chi connectivity index (χ1) is 10.7. The highest BCUT2D eigenvalue weighted by Gasteiger charge is 2.07. The highest BCUT2D eigenvalue weighted by atomic mass is 16.6. The van der Waals surface area contributed by atoms with Crippen LogP contribution in [0.2, 0.25) is 0 Å². The van der Waals surface area contributed by atoms with Gasteiger partial charge in [-0.2, -0.15) is 5.26 Å². The Balaban J connectivity index is 1.83. The predicted octanol–water partition coefficient (Wildman–Crippen LogP) is 2.49. The minimum atomic E-state index is -0.537. The molecule has 0 bridgehead atoms. The van der Waals surface area contributed by atoms with Crippen molar-refractivity contribution < 1.29 is 19.1 Å². The van der Waals surface area contributed by atoms with Gasteiger partial charge in [0.15, 0.2) is 12.9 Å². The Labute approximate surface area is 127 Å². The van der Waals surface area contributed by atoms with E-state index in [1.807, 2.05) is 6.07 Å². The number of benzene rings is 2. The highest BCUT2D eigenvalue weighted by Crippen LogP contribution is 2.15. The molecule has 5 nitrogen and oxygen atoms in total. The largest absolute Gasteiger partial charge is 0.481 e. The molecule has 0 aromatic heterocycles. The van der Waals surface area contributed by atoms with Crippen molar-refractivity contribution in [3.63, 3.8) is 0 Å². The molecule has 0 spiro atoms. The van der Waals surface area contributed by atoms with Crippen molar-refractivity contribution in [2.24, 2.45) is 0 Å². The molecule has 0 aliphatic rings. The maximum absolute atomic E-state index is 11.6. The summed E-state index contributed by atoms with van der Waals surface area (Å²) < 4.78 is 10.3. The molecule has 0 radical (unpaired) electrons. The van der Waals surface area contributed by atoms with E-state index < -0.39 is 5.97 Å². The molecule has 22 heavy (non-hydrogen) atoms. The van der Waals surface area contributed by atoms with Gasteiger partial charge in [0.25, 0.3) is 0 Å². The smallest absolute Gasteiger partial charge is 0.344 e. The number of hydrogen-bond acceptors (Lipinski definition) is 5. The molecule has 0 amide bonds. The minimum Gasteiger partial charge on any atom is -0.481 e. The summed E-state index contributed by atoms with van der Waals surface area (Å²) in [5, 5.41) is 8.69. The Morgan fingerprint density at radius 3 is 2.55 bits per heavy atom. The standard InChI is InChI=1S/C17H13NO4/c18-9-13-5-7-14(8-6-13)11-22-17(20)12-21-16-4-2-1-3-15(16)10-19/h1-8,10H,11-12H2. The van der Waals surface area contributed by atoms with Crippen LogP contribution in [0.4, 0.5) is 0 Å². The quantitative estimate of drug-likeness (QED) is 0.604. The highest BCUT2D eigenvalue weighted by molar-refractivity contribution is 5.79. The van der Waals surface area contributed by atoms with E-state index in [0.29, 0.717) is 23.2 Å². The molecule has 0 atom stereocenters. The zero-order valence-corrected chi connectivity index (χ0v) is 11.7. The number of aldehydes is 1. The molecule has 0 aliphatic heterocycles. The van der Waals surface area contributed by atoms with E-state index in [0.717, 1.165) is 5.56 Å². The van der Waals surface area contributed by atoms with Gasteiger partial charge in [0.2, 0.25) is 0 Å². The molecule has 2 aromatic rings.